The van der Waals surface area contributed by atoms with Crippen molar-refractivity contribution in [2.75, 3.05) is 11.9 Å². The number of aromatic nitrogens is 2. The second-order valence-electron chi connectivity index (χ2n) is 5.70. The van der Waals surface area contributed by atoms with Gasteiger partial charge in [0, 0.05) is 24.2 Å². The molecule has 2 aromatic rings. The third-order valence-electron chi connectivity index (χ3n) is 4.19. The van der Waals surface area contributed by atoms with E-state index in [4.69, 9.17) is 0 Å². The van der Waals surface area contributed by atoms with Gasteiger partial charge >= 0.3 is 5.97 Å². The average molecular weight is 346 g/mol. The summed E-state index contributed by atoms with van der Waals surface area (Å²) >= 11 is 1.32. The zero-order chi connectivity index (χ0) is 17.1. The largest absolute Gasteiger partial charge is 0.481 e. The molecule has 3 heterocycles. The fraction of sp³-hybridized carbons (Fsp3) is 0.375. The number of carboxylic acids is 1. The number of rotatable bonds is 4. The minimum atomic E-state index is -0.851. The van der Waals surface area contributed by atoms with Crippen molar-refractivity contribution in [2.24, 2.45) is 5.92 Å². The Morgan fingerprint density at radius 2 is 2.25 bits per heavy atom. The van der Waals surface area contributed by atoms with Gasteiger partial charge in [0.25, 0.3) is 5.91 Å². The van der Waals surface area contributed by atoms with Gasteiger partial charge in [0.05, 0.1) is 5.92 Å². The zero-order valence-electron chi connectivity index (χ0n) is 13.2. The lowest BCUT2D eigenvalue weighted by molar-refractivity contribution is -0.144. The maximum atomic E-state index is 12.7. The first-order chi connectivity index (χ1) is 11.6. The lowest BCUT2D eigenvalue weighted by Crippen LogP contribution is -2.49. The predicted octanol–water partition coefficient (Wildman–Crippen LogP) is 2.61. The summed E-state index contributed by atoms with van der Waals surface area (Å²) in [5.41, 5.74) is 0.330. The first-order valence-electron chi connectivity index (χ1n) is 7.73. The summed E-state index contributed by atoms with van der Waals surface area (Å²) in [5, 5.41) is 14.6. The van der Waals surface area contributed by atoms with E-state index in [0.717, 1.165) is 0 Å². The van der Waals surface area contributed by atoms with Crippen LogP contribution in [0.15, 0.2) is 29.8 Å². The molecule has 2 N–H and O–H groups in total. The van der Waals surface area contributed by atoms with Gasteiger partial charge in [0.1, 0.15) is 11.5 Å². The van der Waals surface area contributed by atoms with Crippen LogP contribution in [-0.2, 0) is 4.79 Å². The number of hydrogen-bond donors (Lipinski definition) is 2. The zero-order valence-corrected chi connectivity index (χ0v) is 14.0. The van der Waals surface area contributed by atoms with E-state index in [9.17, 15) is 14.7 Å². The molecule has 1 aliphatic rings. The molecule has 24 heavy (non-hydrogen) atoms. The van der Waals surface area contributed by atoms with Crippen LogP contribution < -0.4 is 5.32 Å². The van der Waals surface area contributed by atoms with Crippen LogP contribution in [0, 0.1) is 5.92 Å². The molecule has 0 spiro atoms. The second kappa shape index (κ2) is 6.96. The number of carbonyl (C=O) groups excluding carboxylic acids is 1. The molecule has 7 nitrogen and oxygen atoms in total. The number of anilines is 2. The van der Waals surface area contributed by atoms with E-state index in [1.807, 2.05) is 18.2 Å². The SMILES string of the molecule is C[C@@H]1[C@H](C(=O)O)CCCN1C(=O)c1csc(Nc2ccccn2)n1. The van der Waals surface area contributed by atoms with Crippen LogP contribution in [0.25, 0.3) is 0 Å². The Hall–Kier alpha value is -2.48. The van der Waals surface area contributed by atoms with Crippen molar-refractivity contribution in [3.05, 3.63) is 35.5 Å². The monoisotopic (exact) mass is 346 g/mol. The third kappa shape index (κ3) is 3.38. The molecular weight excluding hydrogens is 328 g/mol. The van der Waals surface area contributed by atoms with Gasteiger partial charge in [-0.1, -0.05) is 6.07 Å². The minimum absolute atomic E-state index is 0.223. The molecule has 2 aromatic heterocycles. The number of carboxylic acid groups (broad SMARTS) is 1. The number of thiazole rings is 1. The number of amides is 1. The Morgan fingerprint density at radius 3 is 2.96 bits per heavy atom. The third-order valence-corrected chi connectivity index (χ3v) is 4.95. The highest BCUT2D eigenvalue weighted by atomic mass is 32.1. The molecular formula is C16H18N4O3S. The summed E-state index contributed by atoms with van der Waals surface area (Å²) in [4.78, 5) is 34.1. The van der Waals surface area contributed by atoms with Gasteiger partial charge in [-0.2, -0.15) is 0 Å². The topological polar surface area (TPSA) is 95.4 Å². The standard InChI is InChI=1S/C16H18N4O3S/c1-10-11(15(22)23)5-4-8-20(10)14(21)12-9-24-16(18-12)19-13-6-2-3-7-17-13/h2-3,6-7,9-11H,4-5,8H2,1H3,(H,22,23)(H,17,18,19)/t10-,11-/m1/s1. The molecule has 0 aromatic carbocycles. The van der Waals surface area contributed by atoms with E-state index in [1.165, 1.54) is 11.3 Å². The van der Waals surface area contributed by atoms with Crippen LogP contribution in [0.5, 0.6) is 0 Å². The second-order valence-corrected chi connectivity index (χ2v) is 6.56. The molecule has 126 valence electrons. The normalized spacial score (nSPS) is 20.6. The predicted molar refractivity (Wildman–Crippen MR) is 90.5 cm³/mol. The summed E-state index contributed by atoms with van der Waals surface area (Å²) in [6.45, 7) is 2.35. The van der Waals surface area contributed by atoms with Gasteiger partial charge in [-0.25, -0.2) is 9.97 Å². The lowest BCUT2D eigenvalue weighted by atomic mass is 9.90. The van der Waals surface area contributed by atoms with Crippen LogP contribution in [0.1, 0.15) is 30.3 Å². The van der Waals surface area contributed by atoms with Gasteiger partial charge in [-0.15, -0.1) is 11.3 Å². The number of hydrogen-bond acceptors (Lipinski definition) is 6. The van der Waals surface area contributed by atoms with Crippen molar-refractivity contribution >= 4 is 34.2 Å². The van der Waals surface area contributed by atoms with Crippen molar-refractivity contribution < 1.29 is 14.7 Å². The molecule has 0 aliphatic carbocycles. The van der Waals surface area contributed by atoms with Crippen LogP contribution in [0.4, 0.5) is 10.9 Å². The first kappa shape index (κ1) is 16.4. The molecule has 0 radical (unpaired) electrons. The quantitative estimate of drug-likeness (QED) is 0.883. The van der Waals surface area contributed by atoms with Gasteiger partial charge in [0.15, 0.2) is 5.13 Å². The van der Waals surface area contributed by atoms with E-state index in [0.29, 0.717) is 36.0 Å². The van der Waals surface area contributed by atoms with Crippen molar-refractivity contribution in [1.29, 1.82) is 0 Å². The smallest absolute Gasteiger partial charge is 0.308 e. The Morgan fingerprint density at radius 1 is 1.42 bits per heavy atom. The minimum Gasteiger partial charge on any atom is -0.481 e. The summed E-state index contributed by atoms with van der Waals surface area (Å²) in [7, 11) is 0. The van der Waals surface area contributed by atoms with E-state index in [2.05, 4.69) is 15.3 Å². The summed E-state index contributed by atoms with van der Waals surface area (Å²) < 4.78 is 0. The van der Waals surface area contributed by atoms with Gasteiger partial charge in [-0.05, 0) is 31.9 Å². The van der Waals surface area contributed by atoms with Crippen LogP contribution >= 0.6 is 11.3 Å². The summed E-state index contributed by atoms with van der Waals surface area (Å²) in [6, 6.07) is 5.15. The molecule has 3 rings (SSSR count). The Balaban J connectivity index is 1.72. The molecule has 1 amide bonds. The molecule has 2 atom stereocenters. The number of piperidine rings is 1. The van der Waals surface area contributed by atoms with Gasteiger partial charge in [0.2, 0.25) is 0 Å². The van der Waals surface area contributed by atoms with Crippen LogP contribution in [-0.4, -0.2) is 44.4 Å². The van der Waals surface area contributed by atoms with Gasteiger partial charge < -0.3 is 15.3 Å². The maximum Gasteiger partial charge on any atom is 0.308 e. The fourth-order valence-electron chi connectivity index (χ4n) is 2.88. The highest BCUT2D eigenvalue weighted by Crippen LogP contribution is 2.27. The molecule has 0 bridgehead atoms. The van der Waals surface area contributed by atoms with Crippen molar-refractivity contribution in [1.82, 2.24) is 14.9 Å². The number of nitrogens with one attached hydrogen (secondary N) is 1. The highest BCUT2D eigenvalue weighted by Gasteiger charge is 2.36. The van der Waals surface area contributed by atoms with E-state index >= 15 is 0 Å². The lowest BCUT2D eigenvalue weighted by Gasteiger charge is -2.37. The number of pyridine rings is 1. The first-order valence-corrected chi connectivity index (χ1v) is 8.61. The summed E-state index contributed by atoms with van der Waals surface area (Å²) in [6.07, 6.45) is 2.96. The van der Waals surface area contributed by atoms with E-state index in [-0.39, 0.29) is 11.9 Å². The molecule has 1 saturated heterocycles. The summed E-state index contributed by atoms with van der Waals surface area (Å²) in [5.74, 6) is -0.940. The number of nitrogens with zero attached hydrogens (tertiary/aromatic N) is 3. The Kier molecular flexibility index (Phi) is 4.75. The van der Waals surface area contributed by atoms with Crippen LogP contribution in [0.3, 0.4) is 0 Å². The Bertz CT molecular complexity index is 734. The molecule has 0 unspecified atom stereocenters. The number of carbonyl (C=O) groups is 2. The van der Waals surface area contributed by atoms with Gasteiger partial charge in [-0.3, -0.25) is 9.59 Å². The average Bonchev–Trinajstić information content (AvgIpc) is 3.03. The fourth-order valence-corrected chi connectivity index (χ4v) is 3.57. The molecule has 1 fully saturated rings. The maximum absolute atomic E-state index is 12.7. The molecule has 0 saturated carbocycles. The van der Waals surface area contributed by atoms with Crippen molar-refractivity contribution in [2.45, 2.75) is 25.8 Å². The van der Waals surface area contributed by atoms with Crippen molar-refractivity contribution in [3.63, 3.8) is 0 Å². The van der Waals surface area contributed by atoms with Crippen molar-refractivity contribution in [3.8, 4) is 0 Å². The Labute approximate surface area is 143 Å². The number of likely N-dealkylation sites (tertiary alicyclic amines) is 1. The van der Waals surface area contributed by atoms with Crippen LogP contribution in [0.2, 0.25) is 0 Å². The number of aliphatic carboxylic acids is 1. The highest BCUT2D eigenvalue weighted by molar-refractivity contribution is 7.14. The molecule has 8 heteroatoms. The van der Waals surface area contributed by atoms with E-state index in [1.54, 1.807) is 23.4 Å². The molecule has 1 aliphatic heterocycles. The van der Waals surface area contributed by atoms with E-state index < -0.39 is 11.9 Å².